The van der Waals surface area contributed by atoms with Gasteiger partial charge in [0.15, 0.2) is 5.96 Å². The Morgan fingerprint density at radius 2 is 2.25 bits per heavy atom. The number of nitrogens with zero attached hydrogens (tertiary/aromatic N) is 3. The summed E-state index contributed by atoms with van der Waals surface area (Å²) in [5.74, 6) is 0.874. The van der Waals surface area contributed by atoms with Crippen LogP contribution >= 0.6 is 11.3 Å². The molecule has 0 aromatic carbocycles. The Kier molecular flexibility index (Phi) is 8.49. The summed E-state index contributed by atoms with van der Waals surface area (Å²) in [6, 6.07) is 0.497. The van der Waals surface area contributed by atoms with Crippen LogP contribution in [0, 0.1) is 0 Å². The van der Waals surface area contributed by atoms with E-state index in [1.165, 1.54) is 5.01 Å². The van der Waals surface area contributed by atoms with E-state index < -0.39 is 0 Å². The topological polar surface area (TPSA) is 61.8 Å². The molecule has 0 saturated carbocycles. The molecule has 136 valence electrons. The van der Waals surface area contributed by atoms with Gasteiger partial charge in [-0.1, -0.05) is 6.92 Å². The third-order valence-corrected chi connectivity index (χ3v) is 5.36. The Morgan fingerprint density at radius 3 is 2.88 bits per heavy atom. The van der Waals surface area contributed by atoms with Crippen LogP contribution in [0.1, 0.15) is 36.9 Å². The SMILES string of the molecule is CCc1nc(CNC(=NC)NC2CCN(CCCOC)CC2)cs1. The van der Waals surface area contributed by atoms with Crippen LogP contribution in [0.25, 0.3) is 0 Å². The number of guanidine groups is 1. The van der Waals surface area contributed by atoms with Crippen molar-refractivity contribution in [1.82, 2.24) is 20.5 Å². The number of hydrogen-bond donors (Lipinski definition) is 2. The number of thiazole rings is 1. The normalized spacial score (nSPS) is 17.2. The van der Waals surface area contributed by atoms with E-state index in [-0.39, 0.29) is 0 Å². The minimum atomic E-state index is 0.497. The number of nitrogens with one attached hydrogen (secondary N) is 2. The molecule has 7 heteroatoms. The number of aromatic nitrogens is 1. The molecule has 1 aliphatic heterocycles. The molecule has 0 amide bonds. The van der Waals surface area contributed by atoms with Crippen molar-refractivity contribution in [1.29, 1.82) is 0 Å². The van der Waals surface area contributed by atoms with Gasteiger partial charge in [0, 0.05) is 51.8 Å². The van der Waals surface area contributed by atoms with E-state index in [1.807, 2.05) is 7.05 Å². The van der Waals surface area contributed by atoms with Gasteiger partial charge in [0.25, 0.3) is 0 Å². The number of methoxy groups -OCH3 is 1. The fourth-order valence-electron chi connectivity index (χ4n) is 2.89. The van der Waals surface area contributed by atoms with Crippen LogP contribution in [0.5, 0.6) is 0 Å². The first-order chi connectivity index (χ1) is 11.7. The van der Waals surface area contributed by atoms with Gasteiger partial charge in [-0.2, -0.15) is 0 Å². The molecule has 0 spiro atoms. The predicted octanol–water partition coefficient (Wildman–Crippen LogP) is 1.87. The zero-order valence-electron chi connectivity index (χ0n) is 15.2. The van der Waals surface area contributed by atoms with E-state index in [0.717, 1.165) is 70.1 Å². The maximum atomic E-state index is 5.13. The van der Waals surface area contributed by atoms with Crippen molar-refractivity contribution in [2.45, 2.75) is 45.2 Å². The maximum absolute atomic E-state index is 5.13. The first-order valence-corrected chi connectivity index (χ1v) is 9.74. The van der Waals surface area contributed by atoms with Gasteiger partial charge in [-0.15, -0.1) is 11.3 Å². The molecule has 2 heterocycles. The molecule has 0 unspecified atom stereocenters. The van der Waals surface area contributed by atoms with E-state index >= 15 is 0 Å². The highest BCUT2D eigenvalue weighted by Crippen LogP contribution is 2.11. The van der Waals surface area contributed by atoms with E-state index in [1.54, 1.807) is 18.4 Å². The summed E-state index contributed by atoms with van der Waals surface area (Å²) in [5, 5.41) is 10.2. The fourth-order valence-corrected chi connectivity index (χ4v) is 3.63. The number of ether oxygens (including phenoxy) is 1. The molecule has 1 aromatic heterocycles. The summed E-state index contributed by atoms with van der Waals surface area (Å²) >= 11 is 1.73. The van der Waals surface area contributed by atoms with Crippen LogP contribution in [-0.2, 0) is 17.7 Å². The Morgan fingerprint density at radius 1 is 1.46 bits per heavy atom. The zero-order valence-corrected chi connectivity index (χ0v) is 16.0. The lowest BCUT2D eigenvalue weighted by Crippen LogP contribution is -2.48. The lowest BCUT2D eigenvalue weighted by atomic mass is 10.1. The molecule has 0 bridgehead atoms. The second kappa shape index (κ2) is 10.6. The predicted molar refractivity (Wildman–Crippen MR) is 101 cm³/mol. The van der Waals surface area contributed by atoms with Gasteiger partial charge in [0.05, 0.1) is 17.2 Å². The average molecular weight is 354 g/mol. The average Bonchev–Trinajstić information content (AvgIpc) is 3.08. The van der Waals surface area contributed by atoms with Crippen molar-refractivity contribution in [3.8, 4) is 0 Å². The minimum Gasteiger partial charge on any atom is -0.385 e. The summed E-state index contributed by atoms with van der Waals surface area (Å²) in [5.41, 5.74) is 1.09. The van der Waals surface area contributed by atoms with E-state index in [2.05, 4.69) is 37.8 Å². The first-order valence-electron chi connectivity index (χ1n) is 8.87. The highest BCUT2D eigenvalue weighted by molar-refractivity contribution is 7.09. The number of likely N-dealkylation sites (tertiary alicyclic amines) is 1. The quantitative estimate of drug-likeness (QED) is 0.424. The van der Waals surface area contributed by atoms with E-state index in [9.17, 15) is 0 Å². The standard InChI is InChI=1S/C17H31N5OS/c1-4-16-20-15(13-24-16)12-19-17(18-2)21-14-6-9-22(10-7-14)8-5-11-23-3/h13-14H,4-12H2,1-3H3,(H2,18,19,21). The maximum Gasteiger partial charge on any atom is 0.191 e. The fraction of sp³-hybridized carbons (Fsp3) is 0.765. The van der Waals surface area contributed by atoms with Crippen LogP contribution in [0.2, 0.25) is 0 Å². The van der Waals surface area contributed by atoms with Crippen LogP contribution in [-0.4, -0.2) is 62.3 Å². The number of piperidine rings is 1. The second-order valence-electron chi connectivity index (χ2n) is 6.12. The van der Waals surface area contributed by atoms with Gasteiger partial charge in [-0.3, -0.25) is 4.99 Å². The first kappa shape index (κ1) is 19.1. The Balaban J connectivity index is 1.68. The molecule has 1 fully saturated rings. The summed E-state index contributed by atoms with van der Waals surface area (Å²) in [4.78, 5) is 11.5. The smallest absolute Gasteiger partial charge is 0.191 e. The molecule has 2 N–H and O–H groups in total. The summed E-state index contributed by atoms with van der Waals surface area (Å²) < 4.78 is 5.13. The molecule has 0 atom stereocenters. The Labute approximate surface area is 149 Å². The third-order valence-electron chi connectivity index (χ3n) is 4.31. The lowest BCUT2D eigenvalue weighted by molar-refractivity contribution is 0.155. The molecular weight excluding hydrogens is 322 g/mol. The summed E-state index contributed by atoms with van der Waals surface area (Å²) in [6.45, 7) is 7.14. The zero-order chi connectivity index (χ0) is 17.2. The van der Waals surface area contributed by atoms with Crippen molar-refractivity contribution in [3.05, 3.63) is 16.1 Å². The van der Waals surface area contributed by atoms with Gasteiger partial charge in [-0.25, -0.2) is 4.98 Å². The van der Waals surface area contributed by atoms with E-state index in [4.69, 9.17) is 4.74 Å². The molecule has 24 heavy (non-hydrogen) atoms. The molecule has 1 aromatic rings. The van der Waals surface area contributed by atoms with E-state index in [0.29, 0.717) is 6.04 Å². The highest BCUT2D eigenvalue weighted by Gasteiger charge is 2.19. The van der Waals surface area contributed by atoms with Gasteiger partial charge in [0.2, 0.25) is 0 Å². The van der Waals surface area contributed by atoms with Crippen molar-refractivity contribution in [3.63, 3.8) is 0 Å². The van der Waals surface area contributed by atoms with Gasteiger partial charge >= 0.3 is 0 Å². The largest absolute Gasteiger partial charge is 0.385 e. The molecule has 1 saturated heterocycles. The second-order valence-corrected chi connectivity index (χ2v) is 7.06. The van der Waals surface area contributed by atoms with Crippen LogP contribution < -0.4 is 10.6 Å². The van der Waals surface area contributed by atoms with Gasteiger partial charge < -0.3 is 20.3 Å². The van der Waals surface area contributed by atoms with Crippen molar-refractivity contribution in [2.75, 3.05) is 40.4 Å². The number of rotatable bonds is 8. The molecule has 0 aliphatic carbocycles. The van der Waals surface area contributed by atoms with Crippen molar-refractivity contribution in [2.24, 2.45) is 4.99 Å². The lowest BCUT2D eigenvalue weighted by Gasteiger charge is -2.33. The molecule has 6 nitrogen and oxygen atoms in total. The summed E-state index contributed by atoms with van der Waals surface area (Å²) in [7, 11) is 3.59. The van der Waals surface area contributed by atoms with Crippen molar-refractivity contribution < 1.29 is 4.74 Å². The number of aryl methyl sites for hydroxylation is 1. The molecule has 0 radical (unpaired) electrons. The third kappa shape index (κ3) is 6.37. The van der Waals surface area contributed by atoms with Crippen LogP contribution in [0.4, 0.5) is 0 Å². The molecular formula is C17H31N5OS. The minimum absolute atomic E-state index is 0.497. The molecule has 2 rings (SSSR count). The number of aliphatic imine (C=N–C) groups is 1. The summed E-state index contributed by atoms with van der Waals surface area (Å²) in [6.07, 6.45) is 4.43. The van der Waals surface area contributed by atoms with Crippen LogP contribution in [0.3, 0.4) is 0 Å². The van der Waals surface area contributed by atoms with Crippen LogP contribution in [0.15, 0.2) is 10.4 Å². The van der Waals surface area contributed by atoms with Gasteiger partial charge in [-0.05, 0) is 25.7 Å². The van der Waals surface area contributed by atoms with Crippen molar-refractivity contribution >= 4 is 17.3 Å². The Hall–Kier alpha value is -1.18. The number of hydrogen-bond acceptors (Lipinski definition) is 5. The Bertz CT molecular complexity index is 497. The molecule has 1 aliphatic rings. The van der Waals surface area contributed by atoms with Gasteiger partial charge in [0.1, 0.15) is 0 Å². The highest BCUT2D eigenvalue weighted by atomic mass is 32.1. The monoisotopic (exact) mass is 353 g/mol.